The van der Waals surface area contributed by atoms with Gasteiger partial charge in [0.15, 0.2) is 11.9 Å². The summed E-state index contributed by atoms with van der Waals surface area (Å²) in [5.74, 6) is -0.232. The molecule has 1 aliphatic heterocycles. The van der Waals surface area contributed by atoms with Crippen molar-refractivity contribution < 1.29 is 19.1 Å². The van der Waals surface area contributed by atoms with Crippen molar-refractivity contribution in [1.29, 1.82) is 0 Å². The maximum atomic E-state index is 12.5. The Kier molecular flexibility index (Phi) is 4.90. The Morgan fingerprint density at radius 2 is 2.08 bits per heavy atom. The molecule has 1 N–H and O–H groups in total. The summed E-state index contributed by atoms with van der Waals surface area (Å²) in [6, 6.07) is 9.63. The predicted octanol–water partition coefficient (Wildman–Crippen LogP) is 2.69. The van der Waals surface area contributed by atoms with E-state index in [1.54, 1.807) is 43.3 Å². The van der Waals surface area contributed by atoms with E-state index in [1.165, 1.54) is 11.8 Å². The van der Waals surface area contributed by atoms with Crippen molar-refractivity contribution in [2.45, 2.75) is 20.0 Å². The fourth-order valence-corrected chi connectivity index (χ4v) is 2.76. The second-order valence-electron chi connectivity index (χ2n) is 5.82. The van der Waals surface area contributed by atoms with Gasteiger partial charge in [0, 0.05) is 5.56 Å². The van der Waals surface area contributed by atoms with E-state index in [4.69, 9.17) is 16.3 Å². The van der Waals surface area contributed by atoms with Crippen LogP contribution in [0.2, 0.25) is 5.15 Å². The topological polar surface area (TPSA) is 88.6 Å². The van der Waals surface area contributed by atoms with Crippen LogP contribution < -0.4 is 15.0 Å². The van der Waals surface area contributed by atoms with E-state index in [2.05, 4.69) is 10.3 Å². The smallest absolute Gasteiger partial charge is 0.268 e. The van der Waals surface area contributed by atoms with Crippen molar-refractivity contribution >= 4 is 40.7 Å². The van der Waals surface area contributed by atoms with E-state index in [0.29, 0.717) is 17.0 Å². The molecule has 0 radical (unpaired) electrons. The van der Waals surface area contributed by atoms with Gasteiger partial charge in [0.05, 0.1) is 5.69 Å². The van der Waals surface area contributed by atoms with Crippen molar-refractivity contribution in [1.82, 2.24) is 4.98 Å². The van der Waals surface area contributed by atoms with Gasteiger partial charge in [0.25, 0.3) is 5.91 Å². The highest BCUT2D eigenvalue weighted by atomic mass is 35.5. The third kappa shape index (κ3) is 3.67. The van der Waals surface area contributed by atoms with Crippen LogP contribution in [0, 0.1) is 0 Å². The zero-order valence-corrected chi connectivity index (χ0v) is 14.9. The van der Waals surface area contributed by atoms with Gasteiger partial charge in [-0.2, -0.15) is 0 Å². The summed E-state index contributed by atoms with van der Waals surface area (Å²) < 4.78 is 5.56. The van der Waals surface area contributed by atoms with Gasteiger partial charge in [-0.3, -0.25) is 19.3 Å². The quantitative estimate of drug-likeness (QED) is 0.657. The number of amides is 2. The first-order chi connectivity index (χ1) is 12.3. The summed E-state index contributed by atoms with van der Waals surface area (Å²) in [6.45, 7) is 2.79. The number of benzene rings is 1. The zero-order valence-electron chi connectivity index (χ0n) is 14.2. The maximum Gasteiger partial charge on any atom is 0.268 e. The summed E-state index contributed by atoms with van der Waals surface area (Å²) in [7, 11) is 0. The number of pyridine rings is 1. The molecule has 2 aromatic rings. The average molecular weight is 374 g/mol. The standard InChI is InChI=1S/C18H16ClN3O4/c1-10(23)12-6-7-14-13(8-12)22(18(25)11(2)26-14)9-17(24)21-16-5-3-4-15(19)20-16/h3-8,11H,9H2,1-2H3,(H,20,21,24). The summed E-state index contributed by atoms with van der Waals surface area (Å²) >= 11 is 5.80. The predicted molar refractivity (Wildman–Crippen MR) is 96.8 cm³/mol. The molecule has 0 aliphatic carbocycles. The molecule has 2 amide bonds. The van der Waals surface area contributed by atoms with Gasteiger partial charge in [-0.1, -0.05) is 17.7 Å². The lowest BCUT2D eigenvalue weighted by atomic mass is 10.1. The monoisotopic (exact) mass is 373 g/mol. The molecule has 0 fully saturated rings. The summed E-state index contributed by atoms with van der Waals surface area (Å²) in [5, 5.41) is 2.84. The van der Waals surface area contributed by atoms with E-state index in [9.17, 15) is 14.4 Å². The molecule has 3 rings (SSSR count). The Hall–Kier alpha value is -2.93. The van der Waals surface area contributed by atoms with Gasteiger partial charge in [0.1, 0.15) is 23.3 Å². The molecule has 7 nitrogen and oxygen atoms in total. The first-order valence-corrected chi connectivity index (χ1v) is 8.28. The Bertz CT molecular complexity index is 900. The molecule has 8 heteroatoms. The van der Waals surface area contributed by atoms with Crippen LogP contribution in [0.5, 0.6) is 5.75 Å². The number of nitrogens with zero attached hydrogens (tertiary/aromatic N) is 2. The number of carbonyl (C=O) groups excluding carboxylic acids is 3. The van der Waals surface area contributed by atoms with Gasteiger partial charge in [-0.15, -0.1) is 0 Å². The first-order valence-electron chi connectivity index (χ1n) is 7.90. The van der Waals surface area contributed by atoms with E-state index in [1.807, 2.05) is 0 Å². The lowest BCUT2D eigenvalue weighted by Gasteiger charge is -2.32. The third-order valence-electron chi connectivity index (χ3n) is 3.86. The van der Waals surface area contributed by atoms with Crippen molar-refractivity contribution in [3.05, 3.63) is 47.1 Å². The van der Waals surface area contributed by atoms with Crippen molar-refractivity contribution in [3.63, 3.8) is 0 Å². The van der Waals surface area contributed by atoms with Crippen molar-refractivity contribution in [2.75, 3.05) is 16.8 Å². The highest BCUT2D eigenvalue weighted by molar-refractivity contribution is 6.29. The highest BCUT2D eigenvalue weighted by Crippen LogP contribution is 2.35. The average Bonchev–Trinajstić information content (AvgIpc) is 2.58. The molecule has 0 bridgehead atoms. The lowest BCUT2D eigenvalue weighted by Crippen LogP contribution is -2.47. The number of aromatic nitrogens is 1. The minimum Gasteiger partial charge on any atom is -0.479 e. The first kappa shape index (κ1) is 17.9. The largest absolute Gasteiger partial charge is 0.479 e. The lowest BCUT2D eigenvalue weighted by molar-refractivity contribution is -0.127. The Labute approximate surface area is 154 Å². The van der Waals surface area contributed by atoms with Gasteiger partial charge < -0.3 is 10.1 Å². The van der Waals surface area contributed by atoms with Gasteiger partial charge >= 0.3 is 0 Å². The van der Waals surface area contributed by atoms with E-state index in [0.717, 1.165) is 0 Å². The number of nitrogens with one attached hydrogen (secondary N) is 1. The molecule has 0 saturated heterocycles. The number of carbonyl (C=O) groups is 3. The van der Waals surface area contributed by atoms with Crippen LogP contribution in [0.25, 0.3) is 0 Å². The van der Waals surface area contributed by atoms with Crippen molar-refractivity contribution in [2.24, 2.45) is 0 Å². The van der Waals surface area contributed by atoms with Crippen LogP contribution in [0.1, 0.15) is 24.2 Å². The number of hydrogen-bond donors (Lipinski definition) is 1. The molecular weight excluding hydrogens is 358 g/mol. The van der Waals surface area contributed by atoms with Gasteiger partial charge in [-0.25, -0.2) is 4.98 Å². The van der Waals surface area contributed by atoms with Crippen LogP contribution in [0.4, 0.5) is 11.5 Å². The third-order valence-corrected chi connectivity index (χ3v) is 4.07. The van der Waals surface area contributed by atoms with E-state index in [-0.39, 0.29) is 29.2 Å². The van der Waals surface area contributed by atoms with Crippen molar-refractivity contribution in [3.8, 4) is 5.75 Å². The summed E-state index contributed by atoms with van der Waals surface area (Å²) in [6.07, 6.45) is -0.734. The Morgan fingerprint density at radius 1 is 1.31 bits per heavy atom. The fourth-order valence-electron chi connectivity index (χ4n) is 2.59. The molecule has 0 saturated carbocycles. The minimum atomic E-state index is -0.734. The SMILES string of the molecule is CC(=O)c1ccc2c(c1)N(CC(=O)Nc1cccc(Cl)n1)C(=O)C(C)O2. The molecule has 1 aromatic carbocycles. The fraction of sp³-hybridized carbons (Fsp3) is 0.222. The molecule has 1 aromatic heterocycles. The number of halogens is 1. The van der Waals surface area contributed by atoms with Crippen LogP contribution in [-0.2, 0) is 9.59 Å². The zero-order chi connectivity index (χ0) is 18.8. The molecule has 1 unspecified atom stereocenters. The summed E-state index contributed by atoms with van der Waals surface area (Å²) in [4.78, 5) is 41.8. The number of rotatable bonds is 4. The number of fused-ring (bicyclic) bond motifs is 1. The van der Waals surface area contributed by atoms with E-state index < -0.39 is 12.0 Å². The van der Waals surface area contributed by atoms with Crippen LogP contribution in [0.3, 0.4) is 0 Å². The van der Waals surface area contributed by atoms with E-state index >= 15 is 0 Å². The molecule has 26 heavy (non-hydrogen) atoms. The molecule has 2 heterocycles. The van der Waals surface area contributed by atoms with Crippen LogP contribution in [0.15, 0.2) is 36.4 Å². The second-order valence-corrected chi connectivity index (χ2v) is 6.20. The molecule has 1 atom stereocenters. The maximum absolute atomic E-state index is 12.5. The Morgan fingerprint density at radius 3 is 2.77 bits per heavy atom. The summed E-state index contributed by atoms with van der Waals surface area (Å²) in [5.41, 5.74) is 0.812. The number of ketones is 1. The highest BCUT2D eigenvalue weighted by Gasteiger charge is 2.33. The number of hydrogen-bond acceptors (Lipinski definition) is 5. The Balaban J connectivity index is 1.86. The molecule has 1 aliphatic rings. The van der Waals surface area contributed by atoms with Crippen LogP contribution >= 0.6 is 11.6 Å². The number of ether oxygens (including phenoxy) is 1. The van der Waals surface area contributed by atoms with Gasteiger partial charge in [0.2, 0.25) is 5.91 Å². The number of anilines is 2. The minimum absolute atomic E-state index is 0.147. The van der Waals surface area contributed by atoms with Gasteiger partial charge in [-0.05, 0) is 44.2 Å². The molecular formula is C18H16ClN3O4. The molecule has 134 valence electrons. The number of Topliss-reactive ketones (excluding diaryl/α,β-unsaturated/α-hetero) is 1. The van der Waals surface area contributed by atoms with Crippen LogP contribution in [-0.4, -0.2) is 35.2 Å². The normalized spacial score (nSPS) is 15.9. The second kappa shape index (κ2) is 7.13. The molecule has 0 spiro atoms.